The van der Waals surface area contributed by atoms with Crippen molar-refractivity contribution in [3.05, 3.63) is 18.2 Å². The lowest BCUT2D eigenvalue weighted by molar-refractivity contribution is 0.339. The highest BCUT2D eigenvalue weighted by Gasteiger charge is 2.14. The molecule has 2 rings (SSSR count). The summed E-state index contributed by atoms with van der Waals surface area (Å²) in [5, 5.41) is 3.49. The van der Waals surface area contributed by atoms with E-state index in [0.29, 0.717) is 12.6 Å². The Bertz CT molecular complexity index is 364. The number of benzene rings is 1. The molecule has 94 valence electrons. The summed E-state index contributed by atoms with van der Waals surface area (Å²) in [6.45, 7) is 3.84. The number of anilines is 1. The fourth-order valence-electron chi connectivity index (χ4n) is 1.99. The molecule has 1 aromatic carbocycles. The number of ether oxygens (including phenoxy) is 1. The van der Waals surface area contributed by atoms with E-state index in [1.54, 1.807) is 0 Å². The molecule has 0 aromatic heterocycles. The predicted molar refractivity (Wildman–Crippen MR) is 73.8 cm³/mol. The van der Waals surface area contributed by atoms with E-state index in [2.05, 4.69) is 5.32 Å². The van der Waals surface area contributed by atoms with Crippen molar-refractivity contribution in [1.82, 2.24) is 5.32 Å². The Kier molecular flexibility index (Phi) is 4.57. The average molecular weight is 252 g/mol. The lowest BCUT2D eigenvalue weighted by atomic mass is 10.3. The van der Waals surface area contributed by atoms with Gasteiger partial charge >= 0.3 is 0 Å². The van der Waals surface area contributed by atoms with Gasteiger partial charge in [-0.15, -0.1) is 11.8 Å². The first-order valence-corrected chi connectivity index (χ1v) is 7.16. The van der Waals surface area contributed by atoms with Crippen molar-refractivity contribution in [2.75, 3.05) is 24.6 Å². The maximum Gasteiger partial charge on any atom is 0.120 e. The fourth-order valence-corrected chi connectivity index (χ4v) is 3.08. The Morgan fingerprint density at radius 3 is 3.12 bits per heavy atom. The van der Waals surface area contributed by atoms with Gasteiger partial charge in [0.2, 0.25) is 0 Å². The molecule has 17 heavy (non-hydrogen) atoms. The van der Waals surface area contributed by atoms with Gasteiger partial charge in [-0.2, -0.15) is 0 Å². The predicted octanol–water partition coefficient (Wildman–Crippen LogP) is 2.51. The molecule has 1 atom stereocenters. The van der Waals surface area contributed by atoms with Crippen LogP contribution in [0, 0.1) is 0 Å². The van der Waals surface area contributed by atoms with E-state index in [4.69, 9.17) is 10.5 Å². The van der Waals surface area contributed by atoms with Gasteiger partial charge in [0, 0.05) is 22.4 Å². The summed E-state index contributed by atoms with van der Waals surface area (Å²) in [5.41, 5.74) is 6.82. The topological polar surface area (TPSA) is 47.3 Å². The number of hydrogen-bond donors (Lipinski definition) is 2. The van der Waals surface area contributed by atoms with Crippen molar-refractivity contribution in [3.8, 4) is 5.75 Å². The Morgan fingerprint density at radius 2 is 2.41 bits per heavy atom. The Hall–Kier alpha value is -0.870. The monoisotopic (exact) mass is 252 g/mol. The summed E-state index contributed by atoms with van der Waals surface area (Å²) in [4.78, 5) is 1.13. The summed E-state index contributed by atoms with van der Waals surface area (Å²) < 4.78 is 5.49. The minimum absolute atomic E-state index is 0.634. The molecule has 3 N–H and O–H groups in total. The van der Waals surface area contributed by atoms with Crippen LogP contribution in [0.15, 0.2) is 23.1 Å². The van der Waals surface area contributed by atoms with E-state index >= 15 is 0 Å². The number of nitrogen functional groups attached to an aromatic ring is 1. The van der Waals surface area contributed by atoms with Crippen LogP contribution in [-0.2, 0) is 0 Å². The summed E-state index contributed by atoms with van der Waals surface area (Å²) in [7, 11) is 0. The quantitative estimate of drug-likeness (QED) is 0.624. The molecule has 1 heterocycles. The third-order valence-electron chi connectivity index (χ3n) is 2.90. The first-order valence-electron chi connectivity index (χ1n) is 6.18. The number of nitrogens with two attached hydrogens (primary N) is 1. The summed E-state index contributed by atoms with van der Waals surface area (Å²) in [6.07, 6.45) is 2.57. The van der Waals surface area contributed by atoms with Crippen molar-refractivity contribution in [2.24, 2.45) is 0 Å². The zero-order valence-electron chi connectivity index (χ0n) is 10.2. The minimum atomic E-state index is 0.634. The number of nitrogens with one attached hydrogen (secondary N) is 1. The maximum absolute atomic E-state index is 5.97. The lowest BCUT2D eigenvalue weighted by Crippen LogP contribution is -2.23. The molecule has 0 saturated carbocycles. The zero-order chi connectivity index (χ0) is 12.1. The van der Waals surface area contributed by atoms with Crippen LogP contribution in [-0.4, -0.2) is 24.9 Å². The second-order valence-corrected chi connectivity index (χ2v) is 5.30. The molecule has 3 nitrogen and oxygen atoms in total. The molecule has 1 aromatic rings. The number of thioether (sulfide) groups is 1. The summed E-state index contributed by atoms with van der Waals surface area (Å²) in [6, 6.07) is 6.53. The van der Waals surface area contributed by atoms with Crippen LogP contribution < -0.4 is 15.8 Å². The number of rotatable bonds is 5. The van der Waals surface area contributed by atoms with Crippen LogP contribution in [0.1, 0.15) is 19.8 Å². The highest BCUT2D eigenvalue weighted by Crippen LogP contribution is 2.30. The standard InChI is InChI=1S/C13H20N2OS/c1-2-16-11-5-6-12(14)13(8-11)17-9-10-4-3-7-15-10/h5-6,8,10,15H,2-4,7,9,14H2,1H3/t10-/m1/s1. The van der Waals surface area contributed by atoms with Gasteiger partial charge in [0.25, 0.3) is 0 Å². The van der Waals surface area contributed by atoms with E-state index in [0.717, 1.165) is 28.6 Å². The molecule has 0 spiro atoms. The van der Waals surface area contributed by atoms with Crippen molar-refractivity contribution in [2.45, 2.75) is 30.7 Å². The van der Waals surface area contributed by atoms with Crippen molar-refractivity contribution in [1.29, 1.82) is 0 Å². The molecule has 0 bridgehead atoms. The Labute approximate surface area is 107 Å². The third kappa shape index (κ3) is 3.54. The number of hydrogen-bond acceptors (Lipinski definition) is 4. The van der Waals surface area contributed by atoms with Gasteiger partial charge in [-0.1, -0.05) is 0 Å². The molecule has 1 saturated heterocycles. The van der Waals surface area contributed by atoms with Crippen molar-refractivity contribution >= 4 is 17.4 Å². The van der Waals surface area contributed by atoms with E-state index in [9.17, 15) is 0 Å². The van der Waals surface area contributed by atoms with Crippen LogP contribution in [0.2, 0.25) is 0 Å². The van der Waals surface area contributed by atoms with Crippen LogP contribution in [0.5, 0.6) is 5.75 Å². The van der Waals surface area contributed by atoms with Gasteiger partial charge < -0.3 is 15.8 Å². The largest absolute Gasteiger partial charge is 0.494 e. The van der Waals surface area contributed by atoms with Gasteiger partial charge in [-0.3, -0.25) is 0 Å². The van der Waals surface area contributed by atoms with E-state index in [-0.39, 0.29) is 0 Å². The van der Waals surface area contributed by atoms with E-state index in [1.807, 2.05) is 36.9 Å². The summed E-state index contributed by atoms with van der Waals surface area (Å²) >= 11 is 1.82. The van der Waals surface area contributed by atoms with Gasteiger partial charge in [0.1, 0.15) is 5.75 Å². The first kappa shape index (κ1) is 12.6. The third-order valence-corrected chi connectivity index (χ3v) is 4.13. The molecule has 1 aliphatic heterocycles. The molecule has 1 aliphatic rings. The SMILES string of the molecule is CCOc1ccc(N)c(SC[C@H]2CCCN2)c1. The minimum Gasteiger partial charge on any atom is -0.494 e. The van der Waals surface area contributed by atoms with E-state index < -0.39 is 0 Å². The van der Waals surface area contributed by atoms with Crippen LogP contribution in [0.3, 0.4) is 0 Å². The molecule has 4 heteroatoms. The molecular formula is C13H20N2OS. The maximum atomic E-state index is 5.97. The second-order valence-electron chi connectivity index (χ2n) is 4.24. The van der Waals surface area contributed by atoms with Gasteiger partial charge in [0.05, 0.1) is 6.61 Å². The highest BCUT2D eigenvalue weighted by molar-refractivity contribution is 7.99. The van der Waals surface area contributed by atoms with Crippen LogP contribution in [0.25, 0.3) is 0 Å². The average Bonchev–Trinajstić information content (AvgIpc) is 2.83. The molecule has 0 amide bonds. The van der Waals surface area contributed by atoms with Crippen molar-refractivity contribution < 1.29 is 4.74 Å². The zero-order valence-corrected chi connectivity index (χ0v) is 11.1. The molecular weight excluding hydrogens is 232 g/mol. The van der Waals surface area contributed by atoms with Crippen LogP contribution >= 0.6 is 11.8 Å². The van der Waals surface area contributed by atoms with Gasteiger partial charge in [0.15, 0.2) is 0 Å². The van der Waals surface area contributed by atoms with E-state index in [1.165, 1.54) is 12.8 Å². The molecule has 0 aliphatic carbocycles. The molecule has 0 radical (unpaired) electrons. The van der Waals surface area contributed by atoms with Crippen molar-refractivity contribution in [3.63, 3.8) is 0 Å². The lowest BCUT2D eigenvalue weighted by Gasteiger charge is -2.12. The summed E-state index contributed by atoms with van der Waals surface area (Å²) in [5.74, 6) is 1.99. The second kappa shape index (κ2) is 6.17. The smallest absolute Gasteiger partial charge is 0.120 e. The highest BCUT2D eigenvalue weighted by atomic mass is 32.2. The van der Waals surface area contributed by atoms with Gasteiger partial charge in [-0.05, 0) is 44.5 Å². The Balaban J connectivity index is 1.95. The van der Waals surface area contributed by atoms with Gasteiger partial charge in [-0.25, -0.2) is 0 Å². The van der Waals surface area contributed by atoms with Crippen LogP contribution in [0.4, 0.5) is 5.69 Å². The molecule has 1 fully saturated rings. The molecule has 0 unspecified atom stereocenters. The first-order chi connectivity index (χ1) is 8.29. The normalized spacial score (nSPS) is 19.5. The fraction of sp³-hybridized carbons (Fsp3) is 0.538. The Morgan fingerprint density at radius 1 is 1.53 bits per heavy atom.